The van der Waals surface area contributed by atoms with Crippen LogP contribution in [0.5, 0.6) is 0 Å². The van der Waals surface area contributed by atoms with Crippen molar-refractivity contribution in [2.75, 3.05) is 4.90 Å². The third-order valence-corrected chi connectivity index (χ3v) is 16.1. The third-order valence-electron chi connectivity index (χ3n) is 16.1. The van der Waals surface area contributed by atoms with Gasteiger partial charge < -0.3 is 4.57 Å². The third kappa shape index (κ3) is 5.52. The molecular weight excluding hydrogens is 863 g/mol. The molecule has 0 saturated carbocycles. The lowest BCUT2D eigenvalue weighted by Crippen LogP contribution is -2.18. The maximum atomic E-state index is 5.66. The Bertz CT molecular complexity index is 4310. The molecule has 2 aliphatic carbocycles. The molecule has 2 aliphatic rings. The Labute approximate surface area is 411 Å². The molecule has 5 heteroatoms. The Hall–Kier alpha value is -8.80. The first-order valence-electron chi connectivity index (χ1n) is 24.7. The van der Waals surface area contributed by atoms with Gasteiger partial charge in [-0.1, -0.05) is 173 Å². The van der Waals surface area contributed by atoms with Gasteiger partial charge in [0.05, 0.1) is 27.6 Å². The molecule has 0 saturated heterocycles. The highest BCUT2D eigenvalue weighted by molar-refractivity contribution is 6.13. The lowest BCUT2D eigenvalue weighted by Gasteiger charge is -2.30. The number of aromatic nitrogens is 4. The summed E-state index contributed by atoms with van der Waals surface area (Å²) in [4.78, 5) is 13.7. The van der Waals surface area contributed by atoms with E-state index in [2.05, 4.69) is 254 Å². The maximum Gasteiger partial charge on any atom is 0.237 e. The molecule has 336 valence electrons. The molecule has 10 aromatic carbocycles. The summed E-state index contributed by atoms with van der Waals surface area (Å²) in [6.45, 7) is 9.42. The van der Waals surface area contributed by atoms with Crippen molar-refractivity contribution in [2.45, 2.75) is 38.5 Å². The quantitative estimate of drug-likeness (QED) is 0.173. The van der Waals surface area contributed by atoms with E-state index in [0.29, 0.717) is 5.78 Å². The summed E-state index contributed by atoms with van der Waals surface area (Å²) in [5.74, 6) is 1.64. The average molecular weight is 910 g/mol. The minimum atomic E-state index is -0.139. The minimum absolute atomic E-state index is 0.139. The fourth-order valence-corrected chi connectivity index (χ4v) is 12.7. The molecule has 13 aromatic rings. The summed E-state index contributed by atoms with van der Waals surface area (Å²) in [5, 5.41) is 5.68. The molecule has 3 heterocycles. The topological polar surface area (TPSA) is 38.4 Å². The lowest BCUT2D eigenvalue weighted by molar-refractivity contribution is 0.660. The molecule has 0 atom stereocenters. The van der Waals surface area contributed by atoms with Gasteiger partial charge in [0.1, 0.15) is 5.82 Å². The van der Waals surface area contributed by atoms with Crippen LogP contribution in [0.1, 0.15) is 49.9 Å². The van der Waals surface area contributed by atoms with Crippen molar-refractivity contribution >= 4 is 77.5 Å². The zero-order chi connectivity index (χ0) is 47.3. The minimum Gasteiger partial charge on any atom is -0.309 e. The number of nitrogens with zero attached hydrogens (tertiary/aromatic N) is 5. The van der Waals surface area contributed by atoms with Gasteiger partial charge in [0.2, 0.25) is 5.78 Å². The van der Waals surface area contributed by atoms with Gasteiger partial charge in [0.25, 0.3) is 0 Å². The second kappa shape index (κ2) is 14.4. The van der Waals surface area contributed by atoms with Gasteiger partial charge >= 0.3 is 0 Å². The van der Waals surface area contributed by atoms with Crippen molar-refractivity contribution in [2.24, 2.45) is 0 Å². The van der Waals surface area contributed by atoms with Crippen LogP contribution in [0.4, 0.5) is 17.2 Å². The van der Waals surface area contributed by atoms with E-state index in [1.165, 1.54) is 60.8 Å². The van der Waals surface area contributed by atoms with Gasteiger partial charge in [0, 0.05) is 55.0 Å². The van der Waals surface area contributed by atoms with Gasteiger partial charge in [0.15, 0.2) is 0 Å². The van der Waals surface area contributed by atoms with Gasteiger partial charge in [-0.2, -0.15) is 0 Å². The Balaban J connectivity index is 1.06. The summed E-state index contributed by atoms with van der Waals surface area (Å²) < 4.78 is 4.70. The Kier molecular flexibility index (Phi) is 8.13. The standard InChI is InChI=1S/C66H47N5/c1-65(2)54-26-13-10-21-47(54)51-38-43(31-33-56(51)65)69(44-32-34-57-52(39-44)48-22-11-14-27-55(48)66(57,3)4)63-50-25-16-24-46(61(50)67-64-68-62-45-20-9-8-17-40(45)29-36-60(62)71(63)64)41-30-35-59-53(37-41)49-23-12-15-28-58(49)70(59)42-18-6-5-7-19-42/h5-39H,1-4H3. The van der Waals surface area contributed by atoms with Crippen LogP contribution in [0.15, 0.2) is 212 Å². The van der Waals surface area contributed by atoms with Crippen molar-refractivity contribution in [3.63, 3.8) is 0 Å². The normalized spacial score (nSPS) is 14.1. The summed E-state index contributed by atoms with van der Waals surface area (Å²) in [6, 6.07) is 78.2. The van der Waals surface area contributed by atoms with Gasteiger partial charge in [-0.25, -0.2) is 9.97 Å². The van der Waals surface area contributed by atoms with Gasteiger partial charge in [-0.15, -0.1) is 0 Å². The molecule has 0 aliphatic heterocycles. The van der Waals surface area contributed by atoms with Crippen LogP contribution in [0, 0.1) is 0 Å². The van der Waals surface area contributed by atoms with Crippen LogP contribution in [-0.4, -0.2) is 18.9 Å². The van der Waals surface area contributed by atoms with Crippen molar-refractivity contribution in [1.29, 1.82) is 0 Å². The molecule has 0 fully saturated rings. The summed E-state index contributed by atoms with van der Waals surface area (Å²) in [5.41, 5.74) is 20.8. The Morgan fingerprint density at radius 3 is 1.65 bits per heavy atom. The van der Waals surface area contributed by atoms with E-state index in [1.54, 1.807) is 0 Å². The number of imidazole rings is 1. The van der Waals surface area contributed by atoms with Crippen molar-refractivity contribution in [1.82, 2.24) is 18.9 Å². The van der Waals surface area contributed by atoms with E-state index in [-0.39, 0.29) is 10.8 Å². The Morgan fingerprint density at radius 1 is 0.380 bits per heavy atom. The zero-order valence-corrected chi connectivity index (χ0v) is 39.9. The molecular formula is C66H47N5. The van der Waals surface area contributed by atoms with Gasteiger partial charge in [-0.05, 0) is 122 Å². The first-order chi connectivity index (χ1) is 34.7. The van der Waals surface area contributed by atoms with E-state index in [1.807, 2.05) is 0 Å². The van der Waals surface area contributed by atoms with Crippen LogP contribution in [0.3, 0.4) is 0 Å². The first-order valence-corrected chi connectivity index (χ1v) is 24.7. The molecule has 5 nitrogen and oxygen atoms in total. The number of hydrogen-bond acceptors (Lipinski definition) is 3. The van der Waals surface area contributed by atoms with Crippen molar-refractivity contribution in [3.05, 3.63) is 235 Å². The number of hydrogen-bond donors (Lipinski definition) is 0. The summed E-state index contributed by atoms with van der Waals surface area (Å²) >= 11 is 0. The highest BCUT2D eigenvalue weighted by Crippen LogP contribution is 2.54. The molecule has 0 spiro atoms. The van der Waals surface area contributed by atoms with E-state index in [4.69, 9.17) is 9.97 Å². The number of fused-ring (bicyclic) bond motifs is 15. The number of anilines is 3. The molecule has 3 aromatic heterocycles. The van der Waals surface area contributed by atoms with Crippen LogP contribution in [0.25, 0.3) is 99.4 Å². The largest absolute Gasteiger partial charge is 0.309 e. The summed E-state index contributed by atoms with van der Waals surface area (Å²) in [6.07, 6.45) is 0. The molecule has 0 amide bonds. The monoisotopic (exact) mass is 909 g/mol. The van der Waals surface area contributed by atoms with E-state index >= 15 is 0 Å². The maximum absolute atomic E-state index is 5.66. The second-order valence-corrected chi connectivity index (χ2v) is 20.6. The van der Waals surface area contributed by atoms with Crippen LogP contribution in [0.2, 0.25) is 0 Å². The van der Waals surface area contributed by atoms with E-state index in [0.717, 1.165) is 72.2 Å². The van der Waals surface area contributed by atoms with Crippen molar-refractivity contribution in [3.8, 4) is 39.1 Å². The number of benzene rings is 10. The number of rotatable bonds is 5. The highest BCUT2D eigenvalue weighted by atomic mass is 15.3. The molecule has 71 heavy (non-hydrogen) atoms. The van der Waals surface area contributed by atoms with Crippen LogP contribution >= 0.6 is 0 Å². The van der Waals surface area contributed by atoms with E-state index in [9.17, 15) is 0 Å². The predicted molar refractivity (Wildman–Crippen MR) is 295 cm³/mol. The fraction of sp³-hybridized carbons (Fsp3) is 0.0909. The fourth-order valence-electron chi connectivity index (χ4n) is 12.7. The molecule has 0 N–H and O–H groups in total. The first kappa shape index (κ1) is 40.1. The Morgan fingerprint density at radius 2 is 0.930 bits per heavy atom. The lowest BCUT2D eigenvalue weighted by atomic mass is 9.82. The zero-order valence-electron chi connectivity index (χ0n) is 39.9. The number of para-hydroxylation sites is 3. The van der Waals surface area contributed by atoms with Gasteiger partial charge in [-0.3, -0.25) is 9.30 Å². The summed E-state index contributed by atoms with van der Waals surface area (Å²) in [7, 11) is 0. The highest BCUT2D eigenvalue weighted by Gasteiger charge is 2.38. The average Bonchev–Trinajstić information content (AvgIpc) is 4.09. The smallest absolute Gasteiger partial charge is 0.237 e. The molecule has 0 radical (unpaired) electrons. The SMILES string of the molecule is CC1(C)c2ccccc2-c2cc(N(c3ccc4c(c3)-c3ccccc3C4(C)C)c3c4cccc(-c5ccc6c(c5)c5ccccc5n6-c5ccccc5)c4nc4nc5c6ccccc6ccc5n34)ccc21. The predicted octanol–water partition coefficient (Wildman–Crippen LogP) is 17.0. The van der Waals surface area contributed by atoms with E-state index < -0.39 is 0 Å². The van der Waals surface area contributed by atoms with Crippen LogP contribution < -0.4 is 4.90 Å². The molecule has 0 unspecified atom stereocenters. The molecule has 15 rings (SSSR count). The van der Waals surface area contributed by atoms with Crippen molar-refractivity contribution < 1.29 is 0 Å². The second-order valence-electron chi connectivity index (χ2n) is 20.6. The van der Waals surface area contributed by atoms with Crippen LogP contribution in [-0.2, 0) is 10.8 Å². The molecule has 0 bridgehead atoms.